The second kappa shape index (κ2) is 4.47. The number of hydrogen-bond acceptors (Lipinski definition) is 3. The summed E-state index contributed by atoms with van der Waals surface area (Å²) in [6.45, 7) is 0. The van der Waals surface area contributed by atoms with Crippen molar-refractivity contribution in [1.29, 1.82) is 0 Å². The minimum atomic E-state index is -1.04. The van der Waals surface area contributed by atoms with Gasteiger partial charge in [0.2, 0.25) is 5.28 Å². The topological polar surface area (TPSA) is 63.1 Å². The zero-order valence-electron chi connectivity index (χ0n) is 8.39. The van der Waals surface area contributed by atoms with Gasteiger partial charge in [0.05, 0.1) is 11.8 Å². The van der Waals surface area contributed by atoms with Crippen LogP contribution in [0.25, 0.3) is 11.3 Å². The standard InChI is InChI=1S/C11H6ClFN2O2/c12-11-14-5-8(13)9(15-11)6-1-3-7(4-2-6)10(16)17/h1-5H,(H,16,17). The first kappa shape index (κ1) is 11.5. The van der Waals surface area contributed by atoms with Gasteiger partial charge in [0.1, 0.15) is 5.69 Å². The Morgan fingerprint density at radius 2 is 1.94 bits per heavy atom. The monoisotopic (exact) mass is 252 g/mol. The molecule has 0 atom stereocenters. The lowest BCUT2D eigenvalue weighted by Crippen LogP contribution is -1.96. The van der Waals surface area contributed by atoms with Crippen LogP contribution >= 0.6 is 11.6 Å². The van der Waals surface area contributed by atoms with E-state index in [-0.39, 0.29) is 16.5 Å². The maximum Gasteiger partial charge on any atom is 0.335 e. The van der Waals surface area contributed by atoms with E-state index in [4.69, 9.17) is 16.7 Å². The molecular weight excluding hydrogens is 247 g/mol. The number of benzene rings is 1. The molecule has 4 nitrogen and oxygen atoms in total. The van der Waals surface area contributed by atoms with Crippen LogP contribution in [0.2, 0.25) is 5.28 Å². The molecular formula is C11H6ClFN2O2. The average molecular weight is 253 g/mol. The third-order valence-corrected chi connectivity index (χ3v) is 2.30. The lowest BCUT2D eigenvalue weighted by molar-refractivity contribution is 0.0697. The Morgan fingerprint density at radius 3 is 2.53 bits per heavy atom. The zero-order valence-corrected chi connectivity index (χ0v) is 9.15. The van der Waals surface area contributed by atoms with Gasteiger partial charge in [-0.3, -0.25) is 0 Å². The number of aromatic carboxylic acids is 1. The zero-order chi connectivity index (χ0) is 12.4. The van der Waals surface area contributed by atoms with Gasteiger partial charge in [-0.25, -0.2) is 19.2 Å². The summed E-state index contributed by atoms with van der Waals surface area (Å²) in [5.41, 5.74) is 0.605. The third kappa shape index (κ3) is 2.39. The molecule has 1 heterocycles. The van der Waals surface area contributed by atoms with Crippen molar-refractivity contribution in [1.82, 2.24) is 9.97 Å². The van der Waals surface area contributed by atoms with Crippen LogP contribution in [0, 0.1) is 5.82 Å². The second-order valence-electron chi connectivity index (χ2n) is 3.22. The predicted molar refractivity (Wildman–Crippen MR) is 59.4 cm³/mol. The van der Waals surface area contributed by atoms with E-state index in [1.165, 1.54) is 24.3 Å². The molecule has 0 saturated heterocycles. The minimum Gasteiger partial charge on any atom is -0.478 e. The third-order valence-electron chi connectivity index (χ3n) is 2.12. The van der Waals surface area contributed by atoms with Crippen molar-refractivity contribution in [2.24, 2.45) is 0 Å². The van der Waals surface area contributed by atoms with Gasteiger partial charge in [0.15, 0.2) is 5.82 Å². The van der Waals surface area contributed by atoms with E-state index in [0.29, 0.717) is 5.56 Å². The second-order valence-corrected chi connectivity index (χ2v) is 3.56. The van der Waals surface area contributed by atoms with E-state index in [2.05, 4.69) is 9.97 Å². The molecule has 0 fully saturated rings. The highest BCUT2D eigenvalue weighted by Crippen LogP contribution is 2.21. The summed E-state index contributed by atoms with van der Waals surface area (Å²) in [6, 6.07) is 5.66. The van der Waals surface area contributed by atoms with Crippen LogP contribution in [0.1, 0.15) is 10.4 Å². The van der Waals surface area contributed by atoms with Crippen LogP contribution in [0.4, 0.5) is 4.39 Å². The molecule has 86 valence electrons. The molecule has 2 rings (SSSR count). The molecule has 1 aromatic heterocycles. The van der Waals surface area contributed by atoms with E-state index in [1.807, 2.05) is 0 Å². The molecule has 17 heavy (non-hydrogen) atoms. The lowest BCUT2D eigenvalue weighted by Gasteiger charge is -2.02. The molecule has 2 aromatic rings. The summed E-state index contributed by atoms with van der Waals surface area (Å²) in [6.07, 6.45) is 0.968. The summed E-state index contributed by atoms with van der Waals surface area (Å²) < 4.78 is 13.4. The Hall–Kier alpha value is -2.01. The number of carbonyl (C=O) groups is 1. The van der Waals surface area contributed by atoms with Crippen LogP contribution in [0.3, 0.4) is 0 Å². The molecule has 0 aliphatic rings. The molecule has 0 radical (unpaired) electrons. The largest absolute Gasteiger partial charge is 0.478 e. The predicted octanol–water partition coefficient (Wildman–Crippen LogP) is 2.63. The molecule has 1 N–H and O–H groups in total. The summed E-state index contributed by atoms with van der Waals surface area (Å²) in [5.74, 6) is -1.66. The Balaban J connectivity index is 2.46. The van der Waals surface area contributed by atoms with Crippen molar-refractivity contribution in [3.63, 3.8) is 0 Å². The van der Waals surface area contributed by atoms with Crippen molar-refractivity contribution in [3.05, 3.63) is 47.1 Å². The number of carboxylic acid groups (broad SMARTS) is 1. The van der Waals surface area contributed by atoms with Crippen molar-refractivity contribution in [2.45, 2.75) is 0 Å². The summed E-state index contributed by atoms with van der Waals surface area (Å²) in [5, 5.41) is 8.66. The van der Waals surface area contributed by atoms with Crippen LogP contribution < -0.4 is 0 Å². The van der Waals surface area contributed by atoms with Crippen LogP contribution in [0.15, 0.2) is 30.5 Å². The van der Waals surface area contributed by atoms with Gasteiger partial charge in [-0.2, -0.15) is 0 Å². The van der Waals surface area contributed by atoms with Crippen LogP contribution in [0.5, 0.6) is 0 Å². The Labute approximate surface area is 101 Å². The lowest BCUT2D eigenvalue weighted by atomic mass is 10.1. The Bertz CT molecular complexity index is 572. The average Bonchev–Trinajstić information content (AvgIpc) is 2.32. The fourth-order valence-corrected chi connectivity index (χ4v) is 1.45. The molecule has 0 aliphatic heterocycles. The molecule has 0 spiro atoms. The number of halogens is 2. The van der Waals surface area contributed by atoms with E-state index in [9.17, 15) is 9.18 Å². The van der Waals surface area contributed by atoms with Gasteiger partial charge in [-0.1, -0.05) is 12.1 Å². The minimum absolute atomic E-state index is 0.0435. The summed E-state index contributed by atoms with van der Waals surface area (Å²) in [7, 11) is 0. The highest BCUT2D eigenvalue weighted by Gasteiger charge is 2.09. The number of hydrogen-bond donors (Lipinski definition) is 1. The van der Waals surface area contributed by atoms with Crippen molar-refractivity contribution in [2.75, 3.05) is 0 Å². The fourth-order valence-electron chi connectivity index (χ4n) is 1.32. The first-order chi connectivity index (χ1) is 8.08. The number of rotatable bonds is 2. The molecule has 0 amide bonds. The number of nitrogens with zero attached hydrogens (tertiary/aromatic N) is 2. The van der Waals surface area contributed by atoms with Crippen molar-refractivity contribution >= 4 is 17.6 Å². The van der Waals surface area contributed by atoms with E-state index in [1.54, 1.807) is 0 Å². The molecule has 1 aromatic carbocycles. The normalized spacial score (nSPS) is 10.2. The van der Waals surface area contributed by atoms with E-state index in [0.717, 1.165) is 6.20 Å². The van der Waals surface area contributed by atoms with Gasteiger partial charge in [-0.15, -0.1) is 0 Å². The molecule has 0 bridgehead atoms. The number of carboxylic acids is 1. The van der Waals surface area contributed by atoms with E-state index >= 15 is 0 Å². The van der Waals surface area contributed by atoms with Gasteiger partial charge < -0.3 is 5.11 Å². The highest BCUT2D eigenvalue weighted by atomic mass is 35.5. The van der Waals surface area contributed by atoms with Crippen LogP contribution in [-0.2, 0) is 0 Å². The maximum atomic E-state index is 13.4. The highest BCUT2D eigenvalue weighted by molar-refractivity contribution is 6.28. The van der Waals surface area contributed by atoms with Gasteiger partial charge in [-0.05, 0) is 23.7 Å². The van der Waals surface area contributed by atoms with Crippen LogP contribution in [-0.4, -0.2) is 21.0 Å². The van der Waals surface area contributed by atoms with E-state index < -0.39 is 11.8 Å². The van der Waals surface area contributed by atoms with Crippen molar-refractivity contribution < 1.29 is 14.3 Å². The van der Waals surface area contributed by atoms with Crippen molar-refractivity contribution in [3.8, 4) is 11.3 Å². The Morgan fingerprint density at radius 1 is 1.29 bits per heavy atom. The first-order valence-electron chi connectivity index (χ1n) is 4.59. The van der Waals surface area contributed by atoms with Gasteiger partial charge >= 0.3 is 5.97 Å². The molecule has 0 aliphatic carbocycles. The quantitative estimate of drug-likeness (QED) is 0.835. The number of aromatic nitrogens is 2. The molecule has 6 heteroatoms. The SMILES string of the molecule is O=C(O)c1ccc(-c2nc(Cl)ncc2F)cc1. The molecule has 0 saturated carbocycles. The Kier molecular flexibility index (Phi) is 3.01. The van der Waals surface area contributed by atoms with Gasteiger partial charge in [0.25, 0.3) is 0 Å². The smallest absolute Gasteiger partial charge is 0.335 e. The van der Waals surface area contributed by atoms with Gasteiger partial charge in [0, 0.05) is 5.56 Å². The maximum absolute atomic E-state index is 13.4. The summed E-state index contributed by atoms with van der Waals surface area (Å²) >= 11 is 5.57. The fraction of sp³-hybridized carbons (Fsp3) is 0. The first-order valence-corrected chi connectivity index (χ1v) is 4.97. The summed E-state index contributed by atoms with van der Waals surface area (Å²) in [4.78, 5) is 17.9. The molecule has 0 unspecified atom stereocenters.